The molecule has 0 bridgehead atoms. The summed E-state index contributed by atoms with van der Waals surface area (Å²) < 4.78 is 0.435. The number of aliphatic carboxylic acids is 1. The van der Waals surface area contributed by atoms with Crippen molar-refractivity contribution < 1.29 is 29.4 Å². The third kappa shape index (κ3) is 3.78. The van der Waals surface area contributed by atoms with E-state index >= 15 is 0 Å². The third-order valence-electron chi connectivity index (χ3n) is 2.33. The highest BCUT2D eigenvalue weighted by Gasteiger charge is 2.31. The lowest BCUT2D eigenvalue weighted by Crippen LogP contribution is -2.47. The van der Waals surface area contributed by atoms with Gasteiger partial charge in [0.1, 0.15) is 0 Å². The Balaban J connectivity index is 2.97. The molecule has 7 nitrogen and oxygen atoms in total. The number of hydrogen-bond donors (Lipinski definition) is 2. The lowest BCUT2D eigenvalue weighted by Gasteiger charge is -2.24. The number of aliphatic hydroxyl groups excluding tert-OH is 1. The van der Waals surface area contributed by atoms with E-state index < -0.39 is 30.5 Å². The van der Waals surface area contributed by atoms with Crippen molar-refractivity contribution in [3.8, 4) is 0 Å². The van der Waals surface area contributed by atoms with Crippen LogP contribution in [-0.4, -0.2) is 45.8 Å². The van der Waals surface area contributed by atoms with Gasteiger partial charge in [-0.25, -0.2) is 9.59 Å². The standard InChI is InChI=1S/C12H12BrNO6/c1-7(16)14(10(6-15)11(17)18)20-12(19)8-4-2-3-5-9(8)13/h2-5,10,15H,6H2,1H3,(H,17,18)/t10-/m0/s1. The number of amides is 1. The molecule has 0 unspecified atom stereocenters. The maximum absolute atomic E-state index is 11.9. The Hall–Kier alpha value is -1.93. The highest BCUT2D eigenvalue weighted by atomic mass is 79.9. The quantitative estimate of drug-likeness (QED) is 0.782. The molecule has 0 aliphatic carbocycles. The molecule has 2 N–H and O–H groups in total. The van der Waals surface area contributed by atoms with E-state index in [-0.39, 0.29) is 5.56 Å². The molecule has 0 aliphatic rings. The van der Waals surface area contributed by atoms with E-state index in [2.05, 4.69) is 15.9 Å². The van der Waals surface area contributed by atoms with Crippen molar-refractivity contribution in [1.29, 1.82) is 0 Å². The van der Waals surface area contributed by atoms with Gasteiger partial charge in [-0.15, -0.1) is 0 Å². The summed E-state index contributed by atoms with van der Waals surface area (Å²) in [6.07, 6.45) is 0. The normalized spacial score (nSPS) is 11.6. The summed E-state index contributed by atoms with van der Waals surface area (Å²) in [6, 6.07) is 4.64. The van der Waals surface area contributed by atoms with Crippen LogP contribution in [0.1, 0.15) is 17.3 Å². The summed E-state index contributed by atoms with van der Waals surface area (Å²) in [7, 11) is 0. The van der Waals surface area contributed by atoms with E-state index in [1.54, 1.807) is 18.2 Å². The molecule has 0 heterocycles. The molecule has 0 aromatic heterocycles. The van der Waals surface area contributed by atoms with E-state index in [1.165, 1.54) is 6.07 Å². The van der Waals surface area contributed by atoms with Crippen LogP contribution in [0.15, 0.2) is 28.7 Å². The molecule has 108 valence electrons. The van der Waals surface area contributed by atoms with Crippen LogP contribution in [0, 0.1) is 0 Å². The molecule has 1 aromatic carbocycles. The van der Waals surface area contributed by atoms with Crippen LogP contribution in [0.25, 0.3) is 0 Å². The number of rotatable bonds is 4. The van der Waals surface area contributed by atoms with Gasteiger partial charge in [0.15, 0.2) is 6.04 Å². The Labute approximate surface area is 122 Å². The minimum Gasteiger partial charge on any atom is -0.480 e. The molecule has 0 saturated carbocycles. The van der Waals surface area contributed by atoms with Crippen molar-refractivity contribution in [3.63, 3.8) is 0 Å². The van der Waals surface area contributed by atoms with Gasteiger partial charge in [0, 0.05) is 11.4 Å². The molecule has 0 saturated heterocycles. The minimum atomic E-state index is -1.65. The zero-order valence-electron chi connectivity index (χ0n) is 10.4. The zero-order valence-corrected chi connectivity index (χ0v) is 12.0. The van der Waals surface area contributed by atoms with E-state index in [1.807, 2.05) is 0 Å². The number of carbonyl (C=O) groups is 3. The van der Waals surface area contributed by atoms with Gasteiger partial charge in [-0.3, -0.25) is 4.79 Å². The SMILES string of the molecule is CC(=O)N(OC(=O)c1ccccc1Br)[C@@H](CO)C(=O)O. The fraction of sp³-hybridized carbons (Fsp3) is 0.250. The molecule has 8 heteroatoms. The number of hydrogen-bond acceptors (Lipinski definition) is 5. The average molecular weight is 346 g/mol. The van der Waals surface area contributed by atoms with Gasteiger partial charge in [-0.05, 0) is 28.1 Å². The van der Waals surface area contributed by atoms with Gasteiger partial charge in [-0.2, -0.15) is 5.06 Å². The third-order valence-corrected chi connectivity index (χ3v) is 3.02. The van der Waals surface area contributed by atoms with Gasteiger partial charge in [0.05, 0.1) is 12.2 Å². The van der Waals surface area contributed by atoms with Crippen LogP contribution in [-0.2, 0) is 14.4 Å². The predicted molar refractivity (Wildman–Crippen MR) is 70.6 cm³/mol. The monoisotopic (exact) mass is 345 g/mol. The number of halogens is 1. The van der Waals surface area contributed by atoms with Crippen LogP contribution in [0.2, 0.25) is 0 Å². The first kappa shape index (κ1) is 16.1. The van der Waals surface area contributed by atoms with E-state index in [0.717, 1.165) is 6.92 Å². The largest absolute Gasteiger partial charge is 0.480 e. The molecule has 0 spiro atoms. The van der Waals surface area contributed by atoms with Gasteiger partial charge < -0.3 is 15.1 Å². The number of carboxylic acids is 1. The predicted octanol–water partition coefficient (Wildman–Crippen LogP) is 0.815. The van der Waals surface area contributed by atoms with Crippen LogP contribution in [0.4, 0.5) is 0 Å². The molecule has 0 aliphatic heterocycles. The Morgan fingerprint density at radius 3 is 2.40 bits per heavy atom. The van der Waals surface area contributed by atoms with Crippen molar-refractivity contribution in [3.05, 3.63) is 34.3 Å². The first-order valence-corrected chi connectivity index (χ1v) is 6.28. The number of nitrogens with zero attached hydrogens (tertiary/aromatic N) is 1. The molecule has 1 amide bonds. The first-order chi connectivity index (χ1) is 9.38. The summed E-state index contributed by atoms with van der Waals surface area (Å²) in [5.41, 5.74) is 0.126. The Morgan fingerprint density at radius 2 is 1.95 bits per heavy atom. The second-order valence-electron chi connectivity index (χ2n) is 3.74. The molecule has 1 aromatic rings. The summed E-state index contributed by atoms with van der Waals surface area (Å²) in [4.78, 5) is 38.9. The zero-order chi connectivity index (χ0) is 15.3. The maximum atomic E-state index is 11.9. The van der Waals surface area contributed by atoms with Crippen molar-refractivity contribution in [2.45, 2.75) is 13.0 Å². The van der Waals surface area contributed by atoms with Gasteiger partial charge in [-0.1, -0.05) is 12.1 Å². The van der Waals surface area contributed by atoms with Gasteiger partial charge >= 0.3 is 11.9 Å². The van der Waals surface area contributed by atoms with Crippen molar-refractivity contribution in [1.82, 2.24) is 5.06 Å². The molecular formula is C12H12BrNO6. The highest BCUT2D eigenvalue weighted by molar-refractivity contribution is 9.10. The number of carboxylic acid groups (broad SMARTS) is 1. The minimum absolute atomic E-state index is 0.126. The fourth-order valence-corrected chi connectivity index (χ4v) is 1.81. The Bertz CT molecular complexity index is 532. The Kier molecular flexibility index (Phi) is 5.66. The summed E-state index contributed by atoms with van der Waals surface area (Å²) in [5, 5.41) is 18.2. The molecule has 1 atom stereocenters. The number of hydroxylamine groups is 2. The van der Waals surface area contributed by atoms with Gasteiger partial charge in [0.25, 0.3) is 5.91 Å². The smallest absolute Gasteiger partial charge is 0.364 e. The van der Waals surface area contributed by atoms with Crippen molar-refractivity contribution in [2.24, 2.45) is 0 Å². The summed E-state index contributed by atoms with van der Waals surface area (Å²) in [6.45, 7) is 0.150. The summed E-state index contributed by atoms with van der Waals surface area (Å²) >= 11 is 3.14. The van der Waals surface area contributed by atoms with Crippen molar-refractivity contribution in [2.75, 3.05) is 6.61 Å². The van der Waals surface area contributed by atoms with Crippen LogP contribution in [0.3, 0.4) is 0 Å². The second kappa shape index (κ2) is 7.01. The topological polar surface area (TPSA) is 104 Å². The van der Waals surface area contributed by atoms with Crippen molar-refractivity contribution >= 4 is 33.8 Å². The molecule has 1 rings (SSSR count). The van der Waals surface area contributed by atoms with Gasteiger partial charge in [0.2, 0.25) is 0 Å². The molecule has 0 fully saturated rings. The van der Waals surface area contributed by atoms with E-state index in [9.17, 15) is 14.4 Å². The molecular weight excluding hydrogens is 334 g/mol. The Morgan fingerprint density at radius 1 is 1.35 bits per heavy atom. The van der Waals surface area contributed by atoms with E-state index in [4.69, 9.17) is 15.1 Å². The van der Waals surface area contributed by atoms with Crippen LogP contribution in [0.5, 0.6) is 0 Å². The average Bonchev–Trinajstić information content (AvgIpc) is 2.38. The molecule has 0 radical (unpaired) electrons. The lowest BCUT2D eigenvalue weighted by molar-refractivity contribution is -0.188. The van der Waals surface area contributed by atoms with Crippen LogP contribution >= 0.6 is 15.9 Å². The number of aliphatic hydroxyl groups is 1. The first-order valence-electron chi connectivity index (χ1n) is 5.48. The lowest BCUT2D eigenvalue weighted by atomic mass is 10.2. The molecule has 20 heavy (non-hydrogen) atoms. The fourth-order valence-electron chi connectivity index (χ4n) is 1.37. The van der Waals surface area contributed by atoms with Crippen LogP contribution < -0.4 is 0 Å². The summed E-state index contributed by atoms with van der Waals surface area (Å²) in [5.74, 6) is -3.21. The number of carbonyl (C=O) groups excluding carboxylic acids is 2. The maximum Gasteiger partial charge on any atom is 0.364 e. The number of benzene rings is 1. The highest BCUT2D eigenvalue weighted by Crippen LogP contribution is 2.18. The van der Waals surface area contributed by atoms with E-state index in [0.29, 0.717) is 9.54 Å². The second-order valence-corrected chi connectivity index (χ2v) is 4.59.